The lowest BCUT2D eigenvalue weighted by Gasteiger charge is -2.35. The summed E-state index contributed by atoms with van der Waals surface area (Å²) in [7, 11) is 2.40. The first-order valence-electron chi connectivity index (χ1n) is 21.0. The Balaban J connectivity index is 1.60. The van der Waals surface area contributed by atoms with Crippen LogP contribution in [0.5, 0.6) is 0 Å². The van der Waals surface area contributed by atoms with Gasteiger partial charge in [-0.3, -0.25) is 5.32 Å². The van der Waals surface area contributed by atoms with Gasteiger partial charge >= 0.3 is 24.1 Å². The van der Waals surface area contributed by atoms with Gasteiger partial charge in [0, 0.05) is 59.1 Å². The molecule has 0 saturated carbocycles. The summed E-state index contributed by atoms with van der Waals surface area (Å²) in [5.41, 5.74) is 0. The Morgan fingerprint density at radius 1 is 0.656 bits per heavy atom. The molecule has 0 bridgehead atoms. The molecule has 0 spiro atoms. The highest BCUT2D eigenvalue weighted by atomic mass is 32.2. The molecule has 4 N–H and O–H groups in total. The second-order valence-electron chi connectivity index (χ2n) is 14.2. The fourth-order valence-corrected chi connectivity index (χ4v) is 7.14. The molecular weight excluding hydrogens is 847 g/mol. The molecule has 2 aliphatic rings. The van der Waals surface area contributed by atoms with E-state index >= 15 is 0 Å². The Morgan fingerprint density at radius 2 is 1.16 bits per heavy atom. The molecule has 2 fully saturated rings. The van der Waals surface area contributed by atoms with Gasteiger partial charge in [0.15, 0.2) is 6.10 Å². The average Bonchev–Trinajstić information content (AvgIpc) is 3.25. The quantitative estimate of drug-likeness (QED) is 0.0314. The number of carbonyl (C=O) groups is 4. The van der Waals surface area contributed by atoms with E-state index in [0.29, 0.717) is 32.1 Å². The summed E-state index contributed by atoms with van der Waals surface area (Å²) in [5, 5.41) is 18.3. The molecule has 2 amide bonds. The number of hydrogen-bond donors (Lipinski definition) is 4. The van der Waals surface area contributed by atoms with Gasteiger partial charge in [-0.1, -0.05) is 13.3 Å². The van der Waals surface area contributed by atoms with Crippen molar-refractivity contribution in [3.8, 4) is 0 Å². The Hall–Kier alpha value is -2.22. The van der Waals surface area contributed by atoms with Gasteiger partial charge in [0.1, 0.15) is 12.2 Å². The predicted octanol–water partition coefficient (Wildman–Crippen LogP) is 2.57. The highest BCUT2D eigenvalue weighted by molar-refractivity contribution is 7.99. The van der Waals surface area contributed by atoms with Crippen molar-refractivity contribution in [2.45, 2.75) is 102 Å². The van der Waals surface area contributed by atoms with E-state index in [0.717, 1.165) is 57.7 Å². The number of ether oxygens (including phenoxy) is 12. The molecule has 2 aliphatic heterocycles. The molecule has 2 unspecified atom stereocenters. The molecule has 356 valence electrons. The van der Waals surface area contributed by atoms with E-state index in [1.165, 1.54) is 52.4 Å². The minimum absolute atomic E-state index is 0.0797. The zero-order valence-electron chi connectivity index (χ0n) is 36.6. The van der Waals surface area contributed by atoms with Crippen LogP contribution in [0.25, 0.3) is 0 Å². The summed E-state index contributed by atoms with van der Waals surface area (Å²) in [6, 6.07) is 0. The van der Waals surface area contributed by atoms with Crippen LogP contribution < -0.4 is 16.0 Å². The highest BCUT2D eigenvalue weighted by Gasteiger charge is 2.43. The maximum absolute atomic E-state index is 12.7. The third kappa shape index (κ3) is 25.0. The number of aliphatic hydroxyl groups is 1. The van der Waals surface area contributed by atoms with E-state index in [1.807, 2.05) is 11.8 Å². The number of unbranched alkanes of at least 4 members (excludes halogenated alkanes) is 3. The van der Waals surface area contributed by atoms with Crippen LogP contribution in [0.2, 0.25) is 0 Å². The molecule has 0 aromatic carbocycles. The number of aliphatic hydroxyl groups excluding tert-OH is 1. The van der Waals surface area contributed by atoms with Crippen LogP contribution in [-0.4, -0.2) is 188 Å². The molecule has 2 heterocycles. The first kappa shape index (κ1) is 54.9. The van der Waals surface area contributed by atoms with Gasteiger partial charge in [-0.15, -0.1) is 0 Å². The van der Waals surface area contributed by atoms with E-state index in [1.54, 1.807) is 11.8 Å². The molecule has 0 aromatic heterocycles. The van der Waals surface area contributed by atoms with Gasteiger partial charge in [-0.05, 0) is 55.8 Å². The number of alkyl carbamates (subject to hydrolysis) is 2. The molecule has 0 aliphatic carbocycles. The zero-order valence-corrected chi connectivity index (χ0v) is 38.2. The van der Waals surface area contributed by atoms with Crippen molar-refractivity contribution in [3.63, 3.8) is 0 Å². The van der Waals surface area contributed by atoms with E-state index in [2.05, 4.69) is 32.3 Å². The normalized spacial score (nSPS) is 22.5. The number of amides is 2. The topological polar surface area (TPSA) is 235 Å². The van der Waals surface area contributed by atoms with E-state index in [4.69, 9.17) is 47.4 Å². The number of nitrogens with one attached hydrogen (secondary N) is 3. The smallest absolute Gasteiger partial charge is 0.407 e. The lowest BCUT2D eigenvalue weighted by Crippen LogP contribution is -2.53. The molecule has 2 saturated heterocycles. The third-order valence-corrected chi connectivity index (χ3v) is 11.1. The number of thioether (sulfide) groups is 2. The Labute approximate surface area is 368 Å². The number of hydrogen-bond acceptors (Lipinski definition) is 20. The first-order chi connectivity index (χ1) is 29.4. The fraction of sp³-hybridized carbons (Fsp3) is 0.897. The summed E-state index contributed by atoms with van der Waals surface area (Å²) in [6.07, 6.45) is 1.93. The second kappa shape index (κ2) is 33.3. The maximum Gasteiger partial charge on any atom is 0.407 e. The van der Waals surface area contributed by atoms with Crippen LogP contribution in [0, 0.1) is 0 Å². The molecule has 2 atom stereocenters. The third-order valence-electron chi connectivity index (χ3n) is 8.92. The van der Waals surface area contributed by atoms with Crippen molar-refractivity contribution >= 4 is 47.6 Å². The SMILES string of the molecule is CCCCSCCCOCCCCCOCCOCCCSCCNC(=O)OC(CNC(=O)OC1COC(C)(C(=O)OC)OC1)CNC(O)OC1COC(C)(C(=O)OC)OC1. The van der Waals surface area contributed by atoms with Gasteiger partial charge in [0.05, 0.1) is 60.4 Å². The van der Waals surface area contributed by atoms with Crippen LogP contribution in [0.4, 0.5) is 9.59 Å². The van der Waals surface area contributed by atoms with Gasteiger partial charge in [0.25, 0.3) is 11.6 Å². The van der Waals surface area contributed by atoms with E-state index in [-0.39, 0.29) is 39.5 Å². The van der Waals surface area contributed by atoms with Crippen molar-refractivity contribution < 1.29 is 81.1 Å². The summed E-state index contributed by atoms with van der Waals surface area (Å²) >= 11 is 3.66. The van der Waals surface area contributed by atoms with Crippen molar-refractivity contribution in [2.24, 2.45) is 0 Å². The largest absolute Gasteiger partial charge is 0.465 e. The number of carbonyl (C=O) groups excluding carboxylic acids is 4. The Kier molecular flexibility index (Phi) is 30.0. The second-order valence-corrected chi connectivity index (χ2v) is 16.6. The van der Waals surface area contributed by atoms with Crippen molar-refractivity contribution in [3.05, 3.63) is 0 Å². The summed E-state index contributed by atoms with van der Waals surface area (Å²) < 4.78 is 64.4. The molecule has 22 heteroatoms. The lowest BCUT2D eigenvalue weighted by molar-refractivity contribution is -0.301. The fourth-order valence-electron chi connectivity index (χ4n) is 5.35. The minimum atomic E-state index is -1.62. The van der Waals surface area contributed by atoms with Crippen molar-refractivity contribution in [1.29, 1.82) is 0 Å². The summed E-state index contributed by atoms with van der Waals surface area (Å²) in [6.45, 7) is 8.65. The van der Waals surface area contributed by atoms with Crippen LogP contribution in [-0.2, 0) is 66.4 Å². The molecule has 20 nitrogen and oxygen atoms in total. The van der Waals surface area contributed by atoms with Gasteiger partial charge in [-0.2, -0.15) is 23.5 Å². The van der Waals surface area contributed by atoms with Crippen molar-refractivity contribution in [2.75, 3.05) is 123 Å². The summed E-state index contributed by atoms with van der Waals surface area (Å²) in [5.74, 6) is -0.758. The maximum atomic E-state index is 12.7. The van der Waals surface area contributed by atoms with Crippen LogP contribution in [0.15, 0.2) is 0 Å². The molecule has 2 rings (SSSR count). The standard InChI is InChI=1S/C39H71N3O17S2/c1-6-7-20-60-21-11-16-50-14-9-8-10-15-51-18-19-52-17-12-22-61-23-13-40-35(45)57-30(24-41-36(46)58-31-26-53-38(2,54-27-31)33(43)48-4)25-42-37(47)59-32-28-55-39(3,56-29-32)34(44)49-5/h30-32,36,41,46H,6-29H2,1-5H3,(H,40,45)(H,42,47). The zero-order chi connectivity index (χ0) is 44.6. The first-order valence-corrected chi connectivity index (χ1v) is 23.3. The van der Waals surface area contributed by atoms with Crippen LogP contribution >= 0.6 is 23.5 Å². The predicted molar refractivity (Wildman–Crippen MR) is 225 cm³/mol. The van der Waals surface area contributed by atoms with Gasteiger partial charge < -0.3 is 72.6 Å². The Morgan fingerprint density at radius 3 is 1.72 bits per heavy atom. The van der Waals surface area contributed by atoms with Gasteiger partial charge in [0.2, 0.25) is 6.41 Å². The number of esters is 2. The van der Waals surface area contributed by atoms with Crippen LogP contribution in [0.1, 0.15) is 65.7 Å². The molecule has 0 aromatic rings. The lowest BCUT2D eigenvalue weighted by atomic mass is 10.2. The van der Waals surface area contributed by atoms with E-state index < -0.39 is 60.4 Å². The average molecular weight is 918 g/mol. The number of methoxy groups -OCH3 is 2. The Bertz CT molecular complexity index is 1200. The summed E-state index contributed by atoms with van der Waals surface area (Å²) in [4.78, 5) is 49.1. The monoisotopic (exact) mass is 917 g/mol. The van der Waals surface area contributed by atoms with Crippen molar-refractivity contribution in [1.82, 2.24) is 16.0 Å². The van der Waals surface area contributed by atoms with Crippen LogP contribution in [0.3, 0.4) is 0 Å². The molecule has 61 heavy (non-hydrogen) atoms. The molecule has 0 radical (unpaired) electrons. The highest BCUT2D eigenvalue weighted by Crippen LogP contribution is 2.22. The molecular formula is C39H71N3O17S2. The van der Waals surface area contributed by atoms with E-state index in [9.17, 15) is 24.3 Å². The van der Waals surface area contributed by atoms with Gasteiger partial charge in [-0.25, -0.2) is 19.2 Å². The number of rotatable bonds is 34. The minimum Gasteiger partial charge on any atom is -0.465 e.